The third kappa shape index (κ3) is 2.00. The van der Waals surface area contributed by atoms with E-state index < -0.39 is 0 Å². The van der Waals surface area contributed by atoms with Crippen LogP contribution in [0.1, 0.15) is 11.3 Å². The highest BCUT2D eigenvalue weighted by molar-refractivity contribution is 5.80. The molecular formula is C15H15N3. The van der Waals surface area contributed by atoms with Gasteiger partial charge in [0.1, 0.15) is 0 Å². The molecule has 3 aromatic rings. The predicted molar refractivity (Wildman–Crippen MR) is 73.2 cm³/mol. The van der Waals surface area contributed by atoms with E-state index in [0.717, 1.165) is 17.8 Å². The smallest absolute Gasteiger partial charge is 0.0648 e. The van der Waals surface area contributed by atoms with Crippen LogP contribution in [-0.4, -0.2) is 9.55 Å². The Morgan fingerprint density at radius 2 is 2.06 bits per heavy atom. The van der Waals surface area contributed by atoms with Gasteiger partial charge in [-0.25, -0.2) is 0 Å². The first kappa shape index (κ1) is 11.0. The lowest BCUT2D eigenvalue weighted by atomic mass is 10.1. The van der Waals surface area contributed by atoms with Gasteiger partial charge >= 0.3 is 0 Å². The fourth-order valence-electron chi connectivity index (χ4n) is 2.16. The van der Waals surface area contributed by atoms with Gasteiger partial charge < -0.3 is 10.3 Å². The summed E-state index contributed by atoms with van der Waals surface area (Å²) in [6, 6.07) is 14.5. The monoisotopic (exact) mass is 237 g/mol. The Hall–Kier alpha value is -2.13. The van der Waals surface area contributed by atoms with Crippen molar-refractivity contribution in [1.29, 1.82) is 0 Å². The molecule has 0 aliphatic carbocycles. The minimum absolute atomic E-state index is 0.574. The van der Waals surface area contributed by atoms with Crippen molar-refractivity contribution in [2.45, 2.75) is 13.1 Å². The normalized spacial score (nSPS) is 10.9. The number of rotatable bonds is 3. The summed E-state index contributed by atoms with van der Waals surface area (Å²) in [7, 11) is 0. The Balaban J connectivity index is 2.01. The van der Waals surface area contributed by atoms with E-state index in [4.69, 9.17) is 5.73 Å². The standard InChI is InChI=1S/C15H15N3/c16-10-12-4-5-13-6-8-18(15(13)9-12)11-14-3-1-2-7-17-14/h1-9H,10-11,16H2. The Morgan fingerprint density at radius 3 is 2.83 bits per heavy atom. The summed E-state index contributed by atoms with van der Waals surface area (Å²) in [6.45, 7) is 1.36. The lowest BCUT2D eigenvalue weighted by Crippen LogP contribution is -2.01. The molecule has 3 nitrogen and oxygen atoms in total. The van der Waals surface area contributed by atoms with Crippen LogP contribution in [-0.2, 0) is 13.1 Å². The van der Waals surface area contributed by atoms with Crippen LogP contribution in [0.2, 0.25) is 0 Å². The van der Waals surface area contributed by atoms with E-state index in [0.29, 0.717) is 6.54 Å². The minimum atomic E-state index is 0.574. The van der Waals surface area contributed by atoms with E-state index in [1.165, 1.54) is 10.9 Å². The second-order valence-corrected chi connectivity index (χ2v) is 4.36. The van der Waals surface area contributed by atoms with Crippen LogP contribution in [0.5, 0.6) is 0 Å². The molecule has 0 atom stereocenters. The van der Waals surface area contributed by atoms with Crippen molar-refractivity contribution in [3.8, 4) is 0 Å². The molecule has 0 radical (unpaired) electrons. The maximum atomic E-state index is 5.69. The summed E-state index contributed by atoms with van der Waals surface area (Å²) < 4.78 is 2.21. The van der Waals surface area contributed by atoms with Crippen molar-refractivity contribution in [2.75, 3.05) is 0 Å². The fraction of sp³-hybridized carbons (Fsp3) is 0.133. The van der Waals surface area contributed by atoms with Crippen LogP contribution in [0.15, 0.2) is 54.9 Å². The van der Waals surface area contributed by atoms with E-state index in [1.54, 1.807) is 0 Å². The molecule has 3 heteroatoms. The topological polar surface area (TPSA) is 43.8 Å². The number of aromatic nitrogens is 2. The van der Waals surface area contributed by atoms with Gasteiger partial charge in [-0.3, -0.25) is 4.98 Å². The number of pyridine rings is 1. The van der Waals surface area contributed by atoms with Gasteiger partial charge in [0.15, 0.2) is 0 Å². The number of fused-ring (bicyclic) bond motifs is 1. The number of hydrogen-bond donors (Lipinski definition) is 1. The molecule has 0 unspecified atom stereocenters. The molecule has 18 heavy (non-hydrogen) atoms. The predicted octanol–water partition coefficient (Wildman–Crippen LogP) is 2.54. The van der Waals surface area contributed by atoms with Crippen molar-refractivity contribution < 1.29 is 0 Å². The first-order valence-corrected chi connectivity index (χ1v) is 6.04. The number of nitrogens with two attached hydrogens (primary N) is 1. The maximum absolute atomic E-state index is 5.69. The van der Waals surface area contributed by atoms with Crippen LogP contribution in [0, 0.1) is 0 Å². The van der Waals surface area contributed by atoms with Crippen LogP contribution < -0.4 is 5.73 Å². The van der Waals surface area contributed by atoms with Gasteiger partial charge in [-0.1, -0.05) is 18.2 Å². The van der Waals surface area contributed by atoms with Crippen molar-refractivity contribution in [2.24, 2.45) is 5.73 Å². The van der Waals surface area contributed by atoms with Gasteiger partial charge in [0, 0.05) is 24.5 Å². The SMILES string of the molecule is NCc1ccc2ccn(Cc3ccccn3)c2c1. The quantitative estimate of drug-likeness (QED) is 0.760. The average Bonchev–Trinajstić information content (AvgIpc) is 2.82. The first-order chi connectivity index (χ1) is 8.86. The Bertz CT molecular complexity index is 656. The lowest BCUT2D eigenvalue weighted by Gasteiger charge is -2.06. The zero-order valence-electron chi connectivity index (χ0n) is 10.1. The van der Waals surface area contributed by atoms with Crippen molar-refractivity contribution in [3.05, 3.63) is 66.1 Å². The fourth-order valence-corrected chi connectivity index (χ4v) is 2.16. The van der Waals surface area contributed by atoms with Crippen LogP contribution in [0.25, 0.3) is 10.9 Å². The number of hydrogen-bond acceptors (Lipinski definition) is 2. The summed E-state index contributed by atoms with van der Waals surface area (Å²) in [4.78, 5) is 4.36. The summed E-state index contributed by atoms with van der Waals surface area (Å²) >= 11 is 0. The maximum Gasteiger partial charge on any atom is 0.0648 e. The molecule has 1 aromatic carbocycles. The summed E-state index contributed by atoms with van der Waals surface area (Å²) in [5.74, 6) is 0. The Labute approximate surface area is 106 Å². The third-order valence-corrected chi connectivity index (χ3v) is 3.13. The van der Waals surface area contributed by atoms with Gasteiger partial charge in [0.05, 0.1) is 12.2 Å². The summed E-state index contributed by atoms with van der Waals surface area (Å²) in [5.41, 5.74) is 9.12. The molecule has 0 aliphatic rings. The van der Waals surface area contributed by atoms with Gasteiger partial charge in [0.2, 0.25) is 0 Å². The largest absolute Gasteiger partial charge is 0.341 e. The van der Waals surface area contributed by atoms with Crippen LogP contribution >= 0.6 is 0 Å². The number of benzene rings is 1. The summed E-state index contributed by atoms with van der Waals surface area (Å²) in [5, 5.41) is 1.24. The van der Waals surface area contributed by atoms with Gasteiger partial charge in [-0.15, -0.1) is 0 Å². The molecule has 2 aromatic heterocycles. The molecule has 0 saturated carbocycles. The highest BCUT2D eigenvalue weighted by Gasteiger charge is 2.03. The Morgan fingerprint density at radius 1 is 1.11 bits per heavy atom. The molecule has 0 spiro atoms. The highest BCUT2D eigenvalue weighted by atomic mass is 15.0. The number of nitrogens with zero attached hydrogens (tertiary/aromatic N) is 2. The molecule has 0 saturated heterocycles. The van der Waals surface area contributed by atoms with Crippen molar-refractivity contribution in [3.63, 3.8) is 0 Å². The molecule has 2 heterocycles. The first-order valence-electron chi connectivity index (χ1n) is 6.04. The molecule has 0 amide bonds. The zero-order chi connectivity index (χ0) is 12.4. The zero-order valence-corrected chi connectivity index (χ0v) is 10.1. The average molecular weight is 237 g/mol. The second-order valence-electron chi connectivity index (χ2n) is 4.36. The van der Waals surface area contributed by atoms with E-state index in [1.807, 2.05) is 24.4 Å². The van der Waals surface area contributed by atoms with E-state index >= 15 is 0 Å². The van der Waals surface area contributed by atoms with Gasteiger partial charge in [-0.05, 0) is 35.2 Å². The molecule has 0 bridgehead atoms. The van der Waals surface area contributed by atoms with E-state index in [-0.39, 0.29) is 0 Å². The summed E-state index contributed by atoms with van der Waals surface area (Å²) in [6.07, 6.45) is 3.92. The molecule has 0 fully saturated rings. The van der Waals surface area contributed by atoms with Crippen LogP contribution in [0.3, 0.4) is 0 Å². The van der Waals surface area contributed by atoms with Crippen molar-refractivity contribution >= 4 is 10.9 Å². The van der Waals surface area contributed by atoms with E-state index in [9.17, 15) is 0 Å². The minimum Gasteiger partial charge on any atom is -0.341 e. The van der Waals surface area contributed by atoms with Gasteiger partial charge in [-0.2, -0.15) is 0 Å². The van der Waals surface area contributed by atoms with Gasteiger partial charge in [0.25, 0.3) is 0 Å². The highest BCUT2D eigenvalue weighted by Crippen LogP contribution is 2.18. The molecule has 0 aliphatic heterocycles. The molecule has 2 N–H and O–H groups in total. The van der Waals surface area contributed by atoms with Crippen molar-refractivity contribution in [1.82, 2.24) is 9.55 Å². The van der Waals surface area contributed by atoms with E-state index in [2.05, 4.69) is 40.0 Å². The molecular weight excluding hydrogens is 222 g/mol. The molecule has 90 valence electrons. The third-order valence-electron chi connectivity index (χ3n) is 3.13. The van der Waals surface area contributed by atoms with Crippen LogP contribution in [0.4, 0.5) is 0 Å². The lowest BCUT2D eigenvalue weighted by molar-refractivity contribution is 0.807. The Kier molecular flexibility index (Phi) is 2.82. The molecule has 3 rings (SSSR count). The second kappa shape index (κ2) is 4.63.